The molecule has 0 saturated carbocycles. The van der Waals surface area contributed by atoms with Gasteiger partial charge in [-0.2, -0.15) is 0 Å². The number of carbonyl (C=O) groups excluding carboxylic acids is 1. The van der Waals surface area contributed by atoms with Crippen LogP contribution in [0.4, 0.5) is 0 Å². The number of hydrogen-bond donors (Lipinski definition) is 2. The molecule has 0 aliphatic carbocycles. The van der Waals surface area contributed by atoms with Gasteiger partial charge in [-0.05, 0) is 38.3 Å². The van der Waals surface area contributed by atoms with E-state index in [0.29, 0.717) is 6.42 Å². The Morgan fingerprint density at radius 1 is 1.33 bits per heavy atom. The van der Waals surface area contributed by atoms with E-state index in [-0.39, 0.29) is 16.9 Å². The van der Waals surface area contributed by atoms with Gasteiger partial charge < -0.3 is 10.6 Å². The van der Waals surface area contributed by atoms with Crippen LogP contribution in [0.3, 0.4) is 0 Å². The van der Waals surface area contributed by atoms with Crippen molar-refractivity contribution in [2.75, 3.05) is 13.1 Å². The third kappa shape index (κ3) is 4.65. The van der Waals surface area contributed by atoms with E-state index in [4.69, 9.17) is 0 Å². The van der Waals surface area contributed by atoms with E-state index < -0.39 is 0 Å². The molecule has 0 unspecified atom stereocenters. The molecule has 88 valence electrons. The minimum absolute atomic E-state index is 0.00752. The molecule has 0 radical (unpaired) electrons. The van der Waals surface area contributed by atoms with Gasteiger partial charge in [-0.15, -0.1) is 0 Å². The number of rotatable bonds is 2. The molecule has 2 N–H and O–H groups in total. The summed E-state index contributed by atoms with van der Waals surface area (Å²) >= 11 is 0. The van der Waals surface area contributed by atoms with Crippen LogP contribution in [-0.4, -0.2) is 24.5 Å². The van der Waals surface area contributed by atoms with Crippen molar-refractivity contribution in [2.24, 2.45) is 5.41 Å². The van der Waals surface area contributed by atoms with E-state index >= 15 is 0 Å². The topological polar surface area (TPSA) is 41.1 Å². The maximum atomic E-state index is 11.8. The highest BCUT2D eigenvalue weighted by Crippen LogP contribution is 2.21. The number of nitrogens with one attached hydrogen (secondary N) is 2. The third-order valence-corrected chi connectivity index (χ3v) is 2.84. The fourth-order valence-corrected chi connectivity index (χ4v) is 1.97. The zero-order chi connectivity index (χ0) is 11.5. The van der Waals surface area contributed by atoms with E-state index in [2.05, 4.69) is 38.3 Å². The van der Waals surface area contributed by atoms with Gasteiger partial charge in [0.1, 0.15) is 0 Å². The predicted molar refractivity (Wildman–Crippen MR) is 62.7 cm³/mol. The molecule has 3 heteroatoms. The van der Waals surface area contributed by atoms with Gasteiger partial charge in [-0.1, -0.05) is 20.8 Å². The van der Waals surface area contributed by atoms with Gasteiger partial charge >= 0.3 is 0 Å². The molecule has 0 aromatic rings. The molecule has 1 aliphatic rings. The summed E-state index contributed by atoms with van der Waals surface area (Å²) in [5.74, 6) is 0.187. The van der Waals surface area contributed by atoms with Crippen LogP contribution in [-0.2, 0) is 4.79 Å². The molecule has 1 heterocycles. The summed E-state index contributed by atoms with van der Waals surface area (Å²) in [6.07, 6.45) is 2.67. The fraction of sp³-hybridized carbons (Fsp3) is 0.917. The first kappa shape index (κ1) is 12.5. The van der Waals surface area contributed by atoms with Crippen LogP contribution in [0.5, 0.6) is 0 Å². The molecular formula is C12H24N2O. The Labute approximate surface area is 93.0 Å². The van der Waals surface area contributed by atoms with Crippen molar-refractivity contribution in [3.63, 3.8) is 0 Å². The van der Waals surface area contributed by atoms with Crippen molar-refractivity contribution in [3.05, 3.63) is 0 Å². The normalized spacial score (nSPS) is 21.1. The van der Waals surface area contributed by atoms with Gasteiger partial charge in [0.15, 0.2) is 0 Å². The molecule has 1 fully saturated rings. The molecule has 1 aliphatic heterocycles. The van der Waals surface area contributed by atoms with Gasteiger partial charge in [0.2, 0.25) is 5.91 Å². The van der Waals surface area contributed by atoms with Crippen LogP contribution in [0.2, 0.25) is 0 Å². The Balaban J connectivity index is 2.42. The summed E-state index contributed by atoms with van der Waals surface area (Å²) in [7, 11) is 0. The van der Waals surface area contributed by atoms with Crippen LogP contribution in [0.25, 0.3) is 0 Å². The minimum Gasteiger partial charge on any atom is -0.351 e. The van der Waals surface area contributed by atoms with Crippen LogP contribution in [0, 0.1) is 5.41 Å². The Morgan fingerprint density at radius 2 is 1.87 bits per heavy atom. The molecule has 0 bridgehead atoms. The maximum absolute atomic E-state index is 11.8. The second-order valence-corrected chi connectivity index (χ2v) is 6.10. The Hall–Kier alpha value is -0.570. The third-order valence-electron chi connectivity index (χ3n) is 2.84. The highest BCUT2D eigenvalue weighted by Gasteiger charge is 2.29. The molecule has 1 rings (SSSR count). The standard InChI is InChI=1S/C12H24N2O/c1-11(2,3)9-10(15)14-12(4)5-7-13-8-6-12/h13H,5-9H2,1-4H3,(H,14,15). The van der Waals surface area contributed by atoms with Crippen LogP contribution < -0.4 is 10.6 Å². The number of hydrogen-bond acceptors (Lipinski definition) is 2. The monoisotopic (exact) mass is 212 g/mol. The predicted octanol–water partition coefficient (Wildman–Crippen LogP) is 1.68. The van der Waals surface area contributed by atoms with Crippen molar-refractivity contribution >= 4 is 5.91 Å². The van der Waals surface area contributed by atoms with Crippen LogP contribution in [0.1, 0.15) is 47.0 Å². The van der Waals surface area contributed by atoms with Gasteiger partial charge in [0, 0.05) is 12.0 Å². The van der Waals surface area contributed by atoms with Gasteiger partial charge in [0.25, 0.3) is 0 Å². The number of carbonyl (C=O) groups is 1. The molecule has 0 atom stereocenters. The van der Waals surface area contributed by atoms with Crippen molar-refractivity contribution in [2.45, 2.75) is 52.5 Å². The summed E-state index contributed by atoms with van der Waals surface area (Å²) in [6, 6.07) is 0. The molecular weight excluding hydrogens is 188 g/mol. The van der Waals surface area contributed by atoms with Crippen molar-refractivity contribution in [1.29, 1.82) is 0 Å². The smallest absolute Gasteiger partial charge is 0.220 e. The van der Waals surface area contributed by atoms with E-state index in [1.165, 1.54) is 0 Å². The number of piperidine rings is 1. The Morgan fingerprint density at radius 3 is 2.33 bits per heavy atom. The highest BCUT2D eigenvalue weighted by molar-refractivity contribution is 5.77. The number of amides is 1. The van der Waals surface area contributed by atoms with E-state index in [1.807, 2.05) is 0 Å². The molecule has 0 aromatic heterocycles. The maximum Gasteiger partial charge on any atom is 0.220 e. The molecule has 15 heavy (non-hydrogen) atoms. The van der Waals surface area contributed by atoms with Crippen molar-refractivity contribution < 1.29 is 4.79 Å². The fourth-order valence-electron chi connectivity index (χ4n) is 1.97. The van der Waals surface area contributed by atoms with Gasteiger partial charge in [-0.25, -0.2) is 0 Å². The van der Waals surface area contributed by atoms with E-state index in [1.54, 1.807) is 0 Å². The van der Waals surface area contributed by atoms with Crippen molar-refractivity contribution in [3.8, 4) is 0 Å². The largest absolute Gasteiger partial charge is 0.351 e. The molecule has 1 amide bonds. The lowest BCUT2D eigenvalue weighted by atomic mass is 9.88. The first-order valence-corrected chi connectivity index (χ1v) is 5.83. The lowest BCUT2D eigenvalue weighted by molar-refractivity contribution is -0.124. The molecule has 0 spiro atoms. The summed E-state index contributed by atoms with van der Waals surface area (Å²) in [5.41, 5.74) is 0.0843. The van der Waals surface area contributed by atoms with Gasteiger partial charge in [-0.3, -0.25) is 4.79 Å². The second kappa shape index (κ2) is 4.52. The minimum atomic E-state index is 0.00752. The first-order chi connectivity index (χ1) is 6.81. The quantitative estimate of drug-likeness (QED) is 0.731. The van der Waals surface area contributed by atoms with Crippen LogP contribution >= 0.6 is 0 Å². The highest BCUT2D eigenvalue weighted by atomic mass is 16.1. The SMILES string of the molecule is CC(C)(C)CC(=O)NC1(C)CCNCC1. The summed E-state index contributed by atoms with van der Waals surface area (Å²) in [5, 5.41) is 6.48. The van der Waals surface area contributed by atoms with Gasteiger partial charge in [0.05, 0.1) is 0 Å². The average molecular weight is 212 g/mol. The zero-order valence-electron chi connectivity index (χ0n) is 10.4. The Kier molecular flexibility index (Phi) is 3.77. The molecule has 0 aromatic carbocycles. The summed E-state index contributed by atoms with van der Waals surface area (Å²) in [4.78, 5) is 11.8. The first-order valence-electron chi connectivity index (χ1n) is 5.83. The van der Waals surface area contributed by atoms with E-state index in [0.717, 1.165) is 25.9 Å². The summed E-state index contributed by atoms with van der Waals surface area (Å²) in [6.45, 7) is 10.4. The average Bonchev–Trinajstić information content (AvgIpc) is 1.99. The molecule has 3 nitrogen and oxygen atoms in total. The van der Waals surface area contributed by atoms with E-state index in [9.17, 15) is 4.79 Å². The molecule has 1 saturated heterocycles. The Bertz CT molecular complexity index is 224. The van der Waals surface area contributed by atoms with Crippen LogP contribution in [0.15, 0.2) is 0 Å². The zero-order valence-corrected chi connectivity index (χ0v) is 10.4. The second-order valence-electron chi connectivity index (χ2n) is 6.10. The summed E-state index contributed by atoms with van der Waals surface area (Å²) < 4.78 is 0. The lowest BCUT2D eigenvalue weighted by Gasteiger charge is -2.35. The lowest BCUT2D eigenvalue weighted by Crippen LogP contribution is -2.52. The van der Waals surface area contributed by atoms with Crippen molar-refractivity contribution in [1.82, 2.24) is 10.6 Å².